The number of halogens is 1. The molecule has 1 amide bonds. The molecule has 2 atom stereocenters. The Balaban J connectivity index is 1.50. The fourth-order valence-electron chi connectivity index (χ4n) is 5.17. The maximum Gasteiger partial charge on any atom is 0.301 e. The van der Waals surface area contributed by atoms with Gasteiger partial charge >= 0.3 is 5.91 Å². The molecule has 1 fully saturated rings. The van der Waals surface area contributed by atoms with E-state index in [2.05, 4.69) is 11.9 Å². The van der Waals surface area contributed by atoms with E-state index in [1.54, 1.807) is 36.4 Å². The lowest BCUT2D eigenvalue weighted by atomic mass is 9.94. The number of aliphatic hydroxyl groups is 1. The lowest BCUT2D eigenvalue weighted by molar-refractivity contribution is -0.132. The number of amides is 1. The van der Waals surface area contributed by atoms with Crippen LogP contribution in [0.4, 0.5) is 9.52 Å². The number of unbranched alkanes of at least 4 members (excludes halogenated alkanes) is 1. The maximum absolute atomic E-state index is 13.9. The Morgan fingerprint density at radius 3 is 2.85 bits per heavy atom. The van der Waals surface area contributed by atoms with E-state index in [1.807, 2.05) is 13.0 Å². The Bertz CT molecular complexity index is 1680. The van der Waals surface area contributed by atoms with E-state index in [0.717, 1.165) is 35.5 Å². The number of ether oxygens (including phenoxy) is 2. The molecule has 9 heteroatoms. The number of rotatable bonds is 7. The Labute approximate surface area is 234 Å². The number of fused-ring (bicyclic) bond motifs is 2. The summed E-state index contributed by atoms with van der Waals surface area (Å²) >= 11 is 1.11. The van der Waals surface area contributed by atoms with Gasteiger partial charge in [-0.2, -0.15) is 0 Å². The first kappa shape index (κ1) is 26.0. The summed E-state index contributed by atoms with van der Waals surface area (Å²) in [5.74, 6) is -1.02. The first-order valence-corrected chi connectivity index (χ1v) is 14.1. The van der Waals surface area contributed by atoms with Crippen molar-refractivity contribution in [3.05, 3.63) is 88.7 Å². The molecule has 4 aromatic rings. The van der Waals surface area contributed by atoms with Crippen molar-refractivity contribution in [3.8, 4) is 11.5 Å². The number of hydrogen-bond acceptors (Lipinski definition) is 7. The van der Waals surface area contributed by atoms with Crippen LogP contribution in [-0.4, -0.2) is 34.5 Å². The van der Waals surface area contributed by atoms with Crippen molar-refractivity contribution in [3.63, 3.8) is 0 Å². The highest BCUT2D eigenvalue weighted by Gasteiger charge is 2.48. The van der Waals surface area contributed by atoms with Crippen molar-refractivity contribution >= 4 is 44.1 Å². The van der Waals surface area contributed by atoms with Gasteiger partial charge in [0.25, 0.3) is 5.78 Å². The quantitative estimate of drug-likeness (QED) is 0.120. The van der Waals surface area contributed by atoms with E-state index in [1.165, 1.54) is 23.1 Å². The van der Waals surface area contributed by atoms with Crippen molar-refractivity contribution in [1.29, 1.82) is 0 Å². The molecule has 0 aliphatic carbocycles. The van der Waals surface area contributed by atoms with E-state index in [0.29, 0.717) is 40.1 Å². The fraction of sp³-hybridized carbons (Fsp3) is 0.258. The normalized spacial score (nSPS) is 19.7. The Hall–Kier alpha value is -4.24. The first-order chi connectivity index (χ1) is 19.3. The molecule has 1 aromatic heterocycles. The average Bonchev–Trinajstić information content (AvgIpc) is 3.60. The molecule has 0 saturated carbocycles. The number of anilines is 1. The zero-order valence-electron chi connectivity index (χ0n) is 22.0. The van der Waals surface area contributed by atoms with Gasteiger partial charge in [0.05, 0.1) is 28.4 Å². The number of ketones is 1. The predicted octanol–water partition coefficient (Wildman–Crippen LogP) is 6.56. The Kier molecular flexibility index (Phi) is 6.75. The summed E-state index contributed by atoms with van der Waals surface area (Å²) in [6, 6.07) is 15.6. The van der Waals surface area contributed by atoms with Gasteiger partial charge in [-0.3, -0.25) is 14.5 Å². The highest BCUT2D eigenvalue weighted by Crippen LogP contribution is 2.45. The van der Waals surface area contributed by atoms with Gasteiger partial charge in [-0.25, -0.2) is 9.37 Å². The minimum absolute atomic E-state index is 0.0114. The molecule has 0 spiro atoms. The molecule has 2 aliphatic heterocycles. The zero-order chi connectivity index (χ0) is 28.0. The summed E-state index contributed by atoms with van der Waals surface area (Å²) in [6.45, 7) is 4.56. The second-order valence-electron chi connectivity index (χ2n) is 10.0. The predicted molar refractivity (Wildman–Crippen MR) is 151 cm³/mol. The third kappa shape index (κ3) is 4.60. The van der Waals surface area contributed by atoms with Crippen LogP contribution in [0.15, 0.2) is 66.2 Å². The topological polar surface area (TPSA) is 89.0 Å². The summed E-state index contributed by atoms with van der Waals surface area (Å²) in [5, 5.41) is 11.8. The standard InChI is InChI=1S/C31H27FN2O5S/c1-3-4-12-38-22-7-5-6-18(15-22)27-26(28(35)19-8-11-24-20(14-19)13-17(2)39-24)29(36)30(37)34(27)31-33-23-10-9-21(32)16-25(23)40-31/h5-11,14-17,27,35H,3-4,12-13H2,1-2H3/b28-26+/t17-,27+/m1/s1. The highest BCUT2D eigenvalue weighted by molar-refractivity contribution is 7.22. The highest BCUT2D eigenvalue weighted by atomic mass is 32.1. The Morgan fingerprint density at radius 1 is 1.18 bits per heavy atom. The van der Waals surface area contributed by atoms with Crippen LogP contribution in [0.25, 0.3) is 16.0 Å². The van der Waals surface area contributed by atoms with E-state index >= 15 is 0 Å². The number of carbonyl (C=O) groups is 2. The molecule has 3 heterocycles. The molecule has 6 rings (SSSR count). The molecule has 2 aliphatic rings. The summed E-state index contributed by atoms with van der Waals surface area (Å²) in [5.41, 5.74) is 2.38. The van der Waals surface area contributed by atoms with Crippen LogP contribution in [0, 0.1) is 5.82 Å². The second kappa shape index (κ2) is 10.4. The van der Waals surface area contributed by atoms with Gasteiger partial charge in [0.1, 0.15) is 29.2 Å². The molecular weight excluding hydrogens is 531 g/mol. The second-order valence-corrected chi connectivity index (χ2v) is 11.0. The van der Waals surface area contributed by atoms with Gasteiger partial charge in [0.15, 0.2) is 5.13 Å². The summed E-state index contributed by atoms with van der Waals surface area (Å²) < 4.78 is 26.2. The van der Waals surface area contributed by atoms with E-state index in [9.17, 15) is 19.1 Å². The van der Waals surface area contributed by atoms with Crippen LogP contribution < -0.4 is 14.4 Å². The van der Waals surface area contributed by atoms with Gasteiger partial charge in [-0.15, -0.1) is 0 Å². The van der Waals surface area contributed by atoms with Gasteiger partial charge in [-0.05, 0) is 73.0 Å². The lowest BCUT2D eigenvalue weighted by Crippen LogP contribution is -2.29. The molecular formula is C31H27FN2O5S. The van der Waals surface area contributed by atoms with Gasteiger partial charge in [0, 0.05) is 12.0 Å². The number of aromatic nitrogens is 1. The number of thiazole rings is 1. The molecule has 0 unspecified atom stereocenters. The average molecular weight is 559 g/mol. The van der Waals surface area contributed by atoms with Crippen molar-refractivity contribution in [1.82, 2.24) is 4.98 Å². The molecule has 0 radical (unpaired) electrons. The molecule has 1 N–H and O–H groups in total. The maximum atomic E-state index is 13.9. The molecule has 204 valence electrons. The number of benzene rings is 3. The summed E-state index contributed by atoms with van der Waals surface area (Å²) in [7, 11) is 0. The third-order valence-corrected chi connectivity index (χ3v) is 8.12. The SMILES string of the molecule is CCCCOc1cccc([C@H]2/C(=C(\O)c3ccc4c(c3)C[C@@H](C)O4)C(=O)C(=O)N2c2nc3ccc(F)cc3s2)c1. The van der Waals surface area contributed by atoms with E-state index in [4.69, 9.17) is 9.47 Å². The van der Waals surface area contributed by atoms with E-state index < -0.39 is 23.5 Å². The van der Waals surface area contributed by atoms with Crippen LogP contribution in [0.2, 0.25) is 0 Å². The first-order valence-electron chi connectivity index (χ1n) is 13.2. The molecule has 0 bridgehead atoms. The van der Waals surface area contributed by atoms with Crippen molar-refractivity contribution in [2.45, 2.75) is 45.3 Å². The minimum Gasteiger partial charge on any atom is -0.507 e. The number of nitrogens with zero attached hydrogens (tertiary/aromatic N) is 2. The van der Waals surface area contributed by atoms with Gasteiger partial charge in [0.2, 0.25) is 0 Å². The van der Waals surface area contributed by atoms with Crippen LogP contribution >= 0.6 is 11.3 Å². The molecule has 3 aromatic carbocycles. The zero-order valence-corrected chi connectivity index (χ0v) is 22.8. The van der Waals surface area contributed by atoms with Crippen LogP contribution in [0.3, 0.4) is 0 Å². The molecule has 7 nitrogen and oxygen atoms in total. The van der Waals surface area contributed by atoms with E-state index in [-0.39, 0.29) is 22.6 Å². The lowest BCUT2D eigenvalue weighted by Gasteiger charge is -2.23. The van der Waals surface area contributed by atoms with Gasteiger partial charge < -0.3 is 14.6 Å². The summed E-state index contributed by atoms with van der Waals surface area (Å²) in [6.07, 6.45) is 2.54. The number of Topliss-reactive ketones (excluding diaryl/α,β-unsaturated/α-hetero) is 1. The largest absolute Gasteiger partial charge is 0.507 e. The van der Waals surface area contributed by atoms with Crippen LogP contribution in [0.1, 0.15) is 49.4 Å². The number of aliphatic hydroxyl groups excluding tert-OH is 1. The van der Waals surface area contributed by atoms with Crippen molar-refractivity contribution in [2.75, 3.05) is 11.5 Å². The van der Waals surface area contributed by atoms with Gasteiger partial charge in [-0.1, -0.05) is 36.8 Å². The number of hydrogen-bond donors (Lipinski definition) is 1. The van der Waals surface area contributed by atoms with Crippen LogP contribution in [0.5, 0.6) is 11.5 Å². The van der Waals surface area contributed by atoms with Crippen molar-refractivity contribution < 1.29 is 28.6 Å². The van der Waals surface area contributed by atoms with Crippen LogP contribution in [-0.2, 0) is 16.0 Å². The molecule has 1 saturated heterocycles. The van der Waals surface area contributed by atoms with Crippen molar-refractivity contribution in [2.24, 2.45) is 0 Å². The Morgan fingerprint density at radius 2 is 2.02 bits per heavy atom. The summed E-state index contributed by atoms with van der Waals surface area (Å²) in [4.78, 5) is 33.0. The minimum atomic E-state index is -0.969. The number of carbonyl (C=O) groups excluding carboxylic acids is 2. The smallest absolute Gasteiger partial charge is 0.301 e. The third-order valence-electron chi connectivity index (χ3n) is 7.10. The fourth-order valence-corrected chi connectivity index (χ4v) is 6.19. The molecule has 40 heavy (non-hydrogen) atoms. The monoisotopic (exact) mass is 558 g/mol.